The van der Waals surface area contributed by atoms with Gasteiger partial charge in [0.15, 0.2) is 0 Å². The summed E-state index contributed by atoms with van der Waals surface area (Å²) in [5, 5.41) is 32.9. The fourth-order valence-corrected chi connectivity index (χ4v) is 0.800. The van der Waals surface area contributed by atoms with E-state index in [2.05, 4.69) is 0 Å². The molecule has 0 rings (SSSR count). The number of nitrogens with two attached hydrogens (primary N) is 2. The van der Waals surface area contributed by atoms with Crippen LogP contribution in [0.5, 0.6) is 0 Å². The van der Waals surface area contributed by atoms with Gasteiger partial charge in [-0.3, -0.25) is 9.59 Å². The molecule has 0 fully saturated rings. The number of aliphatic carboxylic acids is 2. The van der Waals surface area contributed by atoms with E-state index in [1.807, 2.05) is 0 Å². The van der Waals surface area contributed by atoms with E-state index in [1.165, 1.54) is 0 Å². The molecule has 8 nitrogen and oxygen atoms in total. The van der Waals surface area contributed by atoms with Crippen molar-refractivity contribution in [3.8, 4) is 0 Å². The predicted molar refractivity (Wildman–Crippen MR) is 63.9 cm³/mol. The van der Waals surface area contributed by atoms with E-state index < -0.39 is 11.9 Å². The quantitative estimate of drug-likeness (QED) is 0.303. The van der Waals surface area contributed by atoms with Gasteiger partial charge in [0.05, 0.1) is 13.2 Å². The van der Waals surface area contributed by atoms with Crippen molar-refractivity contribution in [2.24, 2.45) is 11.5 Å². The standard InChI is InChI=1S/2C5H11NO3/c2*6-4(3-7)1-2-5(8)9/h2*4,7H,1-3,6H2,(H,8,9). The molecule has 0 heterocycles. The molecule has 0 aliphatic heterocycles. The van der Waals surface area contributed by atoms with Crippen LogP contribution >= 0.6 is 0 Å². The van der Waals surface area contributed by atoms with Crippen molar-refractivity contribution in [2.75, 3.05) is 13.2 Å². The second-order valence-corrected chi connectivity index (χ2v) is 3.75. The molecule has 0 spiro atoms. The van der Waals surface area contributed by atoms with Gasteiger partial charge in [-0.25, -0.2) is 0 Å². The Morgan fingerprint density at radius 2 is 1.11 bits per heavy atom. The first-order valence-corrected chi connectivity index (χ1v) is 5.49. The third kappa shape index (κ3) is 17.2. The first kappa shape index (κ1) is 19.1. The summed E-state index contributed by atoms with van der Waals surface area (Å²) in [6, 6.07) is -0.776. The maximum atomic E-state index is 9.88. The number of carbonyl (C=O) groups is 2. The molecule has 2 atom stereocenters. The van der Waals surface area contributed by atoms with Crippen molar-refractivity contribution in [3.05, 3.63) is 0 Å². The fourth-order valence-electron chi connectivity index (χ4n) is 0.800. The molecule has 0 saturated carbocycles. The molecule has 8 N–H and O–H groups in total. The maximum absolute atomic E-state index is 9.88. The Morgan fingerprint density at radius 3 is 1.28 bits per heavy atom. The monoisotopic (exact) mass is 266 g/mol. The molecule has 0 aliphatic carbocycles. The molecule has 0 aromatic heterocycles. The highest BCUT2D eigenvalue weighted by Gasteiger charge is 2.03. The molecule has 18 heavy (non-hydrogen) atoms. The Kier molecular flexibility index (Phi) is 13.0. The average molecular weight is 266 g/mol. The van der Waals surface area contributed by atoms with Gasteiger partial charge < -0.3 is 31.9 Å². The number of carboxylic acid groups (broad SMARTS) is 2. The van der Waals surface area contributed by atoms with Crippen molar-refractivity contribution in [3.63, 3.8) is 0 Å². The molecular weight excluding hydrogens is 244 g/mol. The number of aliphatic hydroxyl groups is 2. The van der Waals surface area contributed by atoms with Gasteiger partial charge in [-0.15, -0.1) is 0 Å². The zero-order valence-corrected chi connectivity index (χ0v) is 10.2. The lowest BCUT2D eigenvalue weighted by atomic mass is 10.2. The molecule has 0 amide bonds. The molecule has 0 aliphatic rings. The van der Waals surface area contributed by atoms with E-state index in [4.69, 9.17) is 31.9 Å². The number of aliphatic hydroxyl groups excluding tert-OH is 2. The van der Waals surface area contributed by atoms with E-state index >= 15 is 0 Å². The van der Waals surface area contributed by atoms with Gasteiger partial charge in [0.2, 0.25) is 0 Å². The van der Waals surface area contributed by atoms with E-state index in [0.29, 0.717) is 12.8 Å². The van der Waals surface area contributed by atoms with Gasteiger partial charge in [-0.1, -0.05) is 0 Å². The molecule has 108 valence electrons. The van der Waals surface area contributed by atoms with Crippen LogP contribution in [-0.4, -0.2) is 57.7 Å². The zero-order valence-electron chi connectivity index (χ0n) is 10.2. The lowest BCUT2D eigenvalue weighted by Gasteiger charge is -2.03. The summed E-state index contributed by atoms with van der Waals surface area (Å²) >= 11 is 0. The fraction of sp³-hybridized carbons (Fsp3) is 0.800. The molecule has 2 unspecified atom stereocenters. The van der Waals surface area contributed by atoms with Crippen LogP contribution in [0.4, 0.5) is 0 Å². The first-order valence-electron chi connectivity index (χ1n) is 5.49. The van der Waals surface area contributed by atoms with Crippen LogP contribution in [0.15, 0.2) is 0 Å². The van der Waals surface area contributed by atoms with Crippen LogP contribution in [-0.2, 0) is 9.59 Å². The lowest BCUT2D eigenvalue weighted by Crippen LogP contribution is -2.24. The minimum atomic E-state index is -0.876. The van der Waals surface area contributed by atoms with E-state index in [-0.39, 0.29) is 38.1 Å². The minimum Gasteiger partial charge on any atom is -0.481 e. The molecule has 8 heteroatoms. The Morgan fingerprint density at radius 1 is 0.833 bits per heavy atom. The highest BCUT2D eigenvalue weighted by molar-refractivity contribution is 5.66. The van der Waals surface area contributed by atoms with E-state index in [1.54, 1.807) is 0 Å². The number of rotatable bonds is 8. The van der Waals surface area contributed by atoms with Crippen LogP contribution in [0, 0.1) is 0 Å². The van der Waals surface area contributed by atoms with E-state index in [9.17, 15) is 9.59 Å². The van der Waals surface area contributed by atoms with Gasteiger partial charge >= 0.3 is 11.9 Å². The second kappa shape index (κ2) is 12.2. The molecule has 0 saturated heterocycles. The summed E-state index contributed by atoms with van der Waals surface area (Å²) in [5.41, 5.74) is 10.4. The normalized spacial score (nSPS) is 13.1. The summed E-state index contributed by atoms with van der Waals surface area (Å²) in [5.74, 6) is -1.75. The van der Waals surface area contributed by atoms with Crippen molar-refractivity contribution < 1.29 is 30.0 Å². The minimum absolute atomic E-state index is 0.0295. The third-order valence-electron chi connectivity index (χ3n) is 1.93. The highest BCUT2D eigenvalue weighted by atomic mass is 16.4. The lowest BCUT2D eigenvalue weighted by molar-refractivity contribution is -0.138. The number of hydrogen-bond acceptors (Lipinski definition) is 6. The molecule has 0 radical (unpaired) electrons. The number of hydrogen-bond donors (Lipinski definition) is 6. The summed E-state index contributed by atoms with van der Waals surface area (Å²) in [4.78, 5) is 19.8. The second-order valence-electron chi connectivity index (χ2n) is 3.75. The van der Waals surface area contributed by atoms with Crippen LogP contribution in [0.3, 0.4) is 0 Å². The molecule has 0 aromatic rings. The van der Waals surface area contributed by atoms with Crippen LogP contribution < -0.4 is 11.5 Å². The highest BCUT2D eigenvalue weighted by Crippen LogP contribution is 1.92. The maximum Gasteiger partial charge on any atom is 0.303 e. The third-order valence-corrected chi connectivity index (χ3v) is 1.93. The van der Waals surface area contributed by atoms with Crippen molar-refractivity contribution in [1.82, 2.24) is 0 Å². The summed E-state index contributed by atoms with van der Waals surface area (Å²) in [7, 11) is 0. The zero-order chi connectivity index (χ0) is 14.6. The predicted octanol–water partition coefficient (Wildman–Crippen LogP) is -1.66. The Bertz CT molecular complexity index is 212. The average Bonchev–Trinajstić information content (AvgIpc) is 2.33. The van der Waals surface area contributed by atoms with Gasteiger partial charge in [-0.05, 0) is 12.8 Å². The SMILES string of the molecule is NC(CO)CCC(=O)O.NC(CO)CCC(=O)O. The van der Waals surface area contributed by atoms with Crippen molar-refractivity contribution in [1.29, 1.82) is 0 Å². The Labute approximate surface area is 105 Å². The van der Waals surface area contributed by atoms with Gasteiger partial charge in [-0.2, -0.15) is 0 Å². The smallest absolute Gasteiger partial charge is 0.303 e. The number of carboxylic acids is 2. The van der Waals surface area contributed by atoms with Crippen molar-refractivity contribution in [2.45, 2.75) is 37.8 Å². The largest absolute Gasteiger partial charge is 0.481 e. The Balaban J connectivity index is 0. The van der Waals surface area contributed by atoms with E-state index in [0.717, 1.165) is 0 Å². The van der Waals surface area contributed by atoms with Gasteiger partial charge in [0.1, 0.15) is 0 Å². The molecular formula is C10H22N2O6. The van der Waals surface area contributed by atoms with Gasteiger partial charge in [0, 0.05) is 24.9 Å². The van der Waals surface area contributed by atoms with Crippen LogP contribution in [0.1, 0.15) is 25.7 Å². The summed E-state index contributed by atoms with van der Waals surface area (Å²) in [6.07, 6.45) is 0.737. The molecule has 0 bridgehead atoms. The molecule has 0 aromatic carbocycles. The topological polar surface area (TPSA) is 167 Å². The summed E-state index contributed by atoms with van der Waals surface area (Å²) < 4.78 is 0. The summed E-state index contributed by atoms with van der Waals surface area (Å²) in [6.45, 7) is -0.291. The Hall–Kier alpha value is -1.22. The van der Waals surface area contributed by atoms with Crippen LogP contribution in [0.25, 0.3) is 0 Å². The van der Waals surface area contributed by atoms with Crippen molar-refractivity contribution >= 4 is 11.9 Å². The van der Waals surface area contributed by atoms with Crippen LogP contribution in [0.2, 0.25) is 0 Å². The van der Waals surface area contributed by atoms with Gasteiger partial charge in [0.25, 0.3) is 0 Å². The first-order chi connectivity index (χ1) is 8.33.